The Bertz CT molecular complexity index is 2340. The highest BCUT2D eigenvalue weighted by atomic mass is 19.1. The standard InChI is InChI=1S/C41H36F3N7O2/c1-2-26-8-5-9-27-10-6-12-30(33(26)27)35-34(44)36-31(22-46-35)37(48-39(47-36)53-25-41-13-7-17-50(41)23-28(42)21-41)49-18-14-40(24-49)15-19-51(40)38(52)32(43)20-29-11-3-4-16-45-29/h1,3-6,8-12,16,20,22,28H,7,13-15,17-19,21,23-25H2/b32-20-/t28-,40?,41?/m1/s1. The van der Waals surface area contributed by atoms with E-state index in [1.54, 1.807) is 41.6 Å². The van der Waals surface area contributed by atoms with Crippen molar-refractivity contribution in [2.24, 2.45) is 0 Å². The monoisotopic (exact) mass is 715 g/mol. The highest BCUT2D eigenvalue weighted by Gasteiger charge is 2.53. The lowest BCUT2D eigenvalue weighted by Gasteiger charge is -2.50. The summed E-state index contributed by atoms with van der Waals surface area (Å²) < 4.78 is 53.2. The molecular weight excluding hydrogens is 679 g/mol. The Morgan fingerprint density at radius 1 is 1.04 bits per heavy atom. The number of hydrogen-bond acceptors (Lipinski definition) is 8. The molecule has 268 valence electrons. The third-order valence-corrected chi connectivity index (χ3v) is 11.6. The normalized spacial score (nSPS) is 24.2. The average Bonchev–Trinajstić information content (AvgIpc) is 3.87. The molecule has 12 heteroatoms. The van der Waals surface area contributed by atoms with Gasteiger partial charge in [0.2, 0.25) is 0 Å². The number of fused-ring (bicyclic) bond motifs is 3. The molecule has 9 rings (SSSR count). The molecule has 0 aliphatic carbocycles. The summed E-state index contributed by atoms with van der Waals surface area (Å²) >= 11 is 0. The third-order valence-electron chi connectivity index (χ3n) is 11.6. The fourth-order valence-corrected chi connectivity index (χ4v) is 8.92. The van der Waals surface area contributed by atoms with Gasteiger partial charge >= 0.3 is 6.01 Å². The Morgan fingerprint density at radius 2 is 1.89 bits per heavy atom. The number of halogens is 3. The first kappa shape index (κ1) is 33.3. The predicted octanol–water partition coefficient (Wildman–Crippen LogP) is 6.51. The molecule has 4 aliphatic heterocycles. The smallest absolute Gasteiger partial charge is 0.319 e. The summed E-state index contributed by atoms with van der Waals surface area (Å²) in [7, 11) is 0. The van der Waals surface area contributed by atoms with Crippen molar-refractivity contribution in [3.63, 3.8) is 0 Å². The van der Waals surface area contributed by atoms with Gasteiger partial charge in [0, 0.05) is 67.6 Å². The maximum absolute atomic E-state index is 17.0. The molecular formula is C41H36F3N7O2. The van der Waals surface area contributed by atoms with E-state index in [2.05, 4.69) is 25.8 Å². The summed E-state index contributed by atoms with van der Waals surface area (Å²) in [5.74, 6) is 0.888. The van der Waals surface area contributed by atoms with Gasteiger partial charge in [-0.05, 0) is 55.8 Å². The van der Waals surface area contributed by atoms with E-state index in [-0.39, 0.29) is 23.8 Å². The van der Waals surface area contributed by atoms with Crippen molar-refractivity contribution >= 4 is 39.5 Å². The highest BCUT2D eigenvalue weighted by molar-refractivity contribution is 6.02. The van der Waals surface area contributed by atoms with Crippen LogP contribution in [0, 0.1) is 18.2 Å². The first-order chi connectivity index (χ1) is 25.8. The number of likely N-dealkylation sites (tertiary alicyclic amines) is 1. The number of aromatic nitrogens is 4. The molecule has 3 aromatic heterocycles. The van der Waals surface area contributed by atoms with Crippen molar-refractivity contribution in [3.8, 4) is 29.6 Å². The van der Waals surface area contributed by atoms with Crippen molar-refractivity contribution in [2.75, 3.05) is 44.2 Å². The van der Waals surface area contributed by atoms with Gasteiger partial charge < -0.3 is 14.5 Å². The first-order valence-corrected chi connectivity index (χ1v) is 18.0. The third kappa shape index (κ3) is 5.57. The molecule has 1 amide bonds. The molecule has 53 heavy (non-hydrogen) atoms. The molecule has 4 fully saturated rings. The second kappa shape index (κ2) is 12.8. The molecule has 9 nitrogen and oxygen atoms in total. The second-order valence-electron chi connectivity index (χ2n) is 14.6. The predicted molar refractivity (Wildman–Crippen MR) is 196 cm³/mol. The van der Waals surface area contributed by atoms with E-state index in [1.165, 1.54) is 0 Å². The Hall–Kier alpha value is -5.54. The number of terminal acetylenes is 1. The molecule has 0 saturated carbocycles. The van der Waals surface area contributed by atoms with Crippen molar-refractivity contribution in [1.82, 2.24) is 29.7 Å². The van der Waals surface area contributed by atoms with E-state index in [9.17, 15) is 9.18 Å². The quantitative estimate of drug-likeness (QED) is 0.139. The number of hydrogen-bond donors (Lipinski definition) is 0. The summed E-state index contributed by atoms with van der Waals surface area (Å²) in [6.07, 6.45) is 12.5. The van der Waals surface area contributed by atoms with Crippen molar-refractivity contribution in [2.45, 2.75) is 49.4 Å². The van der Waals surface area contributed by atoms with Crippen LogP contribution in [-0.4, -0.2) is 92.2 Å². The molecule has 0 radical (unpaired) electrons. The van der Waals surface area contributed by atoms with E-state index in [0.29, 0.717) is 78.9 Å². The van der Waals surface area contributed by atoms with Gasteiger partial charge in [-0.1, -0.05) is 42.3 Å². The van der Waals surface area contributed by atoms with Crippen LogP contribution in [-0.2, 0) is 4.79 Å². The number of amides is 1. The van der Waals surface area contributed by atoms with Gasteiger partial charge in [-0.25, -0.2) is 13.2 Å². The van der Waals surface area contributed by atoms with Crippen molar-refractivity contribution in [1.29, 1.82) is 0 Å². The molecule has 4 aliphatic rings. The Kier molecular flexibility index (Phi) is 8.07. The maximum atomic E-state index is 17.0. The molecule has 2 aromatic carbocycles. The zero-order valence-corrected chi connectivity index (χ0v) is 28.9. The molecule has 2 unspecified atom stereocenters. The molecule has 0 N–H and O–H groups in total. The zero-order valence-electron chi connectivity index (χ0n) is 28.9. The van der Waals surface area contributed by atoms with Gasteiger partial charge in [-0.2, -0.15) is 9.97 Å². The SMILES string of the molecule is C#Cc1cccc2cccc(-c3ncc4c(N5CCC6(CCN6C(=O)/C(F)=C/c6ccccn6)C5)nc(OCC56CCCN5C[C@H](F)C6)nc4c3F)c12. The van der Waals surface area contributed by atoms with E-state index in [4.69, 9.17) is 16.1 Å². The number of rotatable bonds is 7. The summed E-state index contributed by atoms with van der Waals surface area (Å²) in [5.41, 5.74) is 0.509. The largest absolute Gasteiger partial charge is 0.461 e. The second-order valence-corrected chi connectivity index (χ2v) is 14.6. The number of nitrogens with zero attached hydrogens (tertiary/aromatic N) is 7. The summed E-state index contributed by atoms with van der Waals surface area (Å²) in [5, 5.41) is 1.93. The molecule has 3 atom stereocenters. The maximum Gasteiger partial charge on any atom is 0.319 e. The first-order valence-electron chi connectivity index (χ1n) is 18.0. The number of alkyl halides is 1. The lowest BCUT2D eigenvalue weighted by Crippen LogP contribution is -2.63. The molecule has 5 aromatic rings. The van der Waals surface area contributed by atoms with Crippen LogP contribution in [0.3, 0.4) is 0 Å². The minimum Gasteiger partial charge on any atom is -0.461 e. The van der Waals surface area contributed by atoms with Crippen LogP contribution in [0.2, 0.25) is 0 Å². The number of benzene rings is 2. The summed E-state index contributed by atoms with van der Waals surface area (Å²) in [4.78, 5) is 37.3. The average molecular weight is 716 g/mol. The van der Waals surface area contributed by atoms with Crippen LogP contribution < -0.4 is 9.64 Å². The zero-order chi connectivity index (χ0) is 36.3. The van der Waals surface area contributed by atoms with Crippen LogP contribution in [0.1, 0.15) is 43.4 Å². The highest BCUT2D eigenvalue weighted by Crippen LogP contribution is 2.44. The van der Waals surface area contributed by atoms with Crippen molar-refractivity contribution < 1.29 is 22.7 Å². The molecule has 7 heterocycles. The Balaban J connectivity index is 1.09. The summed E-state index contributed by atoms with van der Waals surface area (Å²) in [6, 6.07) is 16.2. The minimum absolute atomic E-state index is 0.0209. The molecule has 1 spiro atoms. The van der Waals surface area contributed by atoms with E-state index >= 15 is 8.78 Å². The number of ether oxygens (including phenoxy) is 1. The fourth-order valence-electron chi connectivity index (χ4n) is 8.92. The lowest BCUT2D eigenvalue weighted by molar-refractivity contribution is -0.142. The van der Waals surface area contributed by atoms with E-state index in [1.807, 2.05) is 35.2 Å². The van der Waals surface area contributed by atoms with Gasteiger partial charge in [-0.15, -0.1) is 6.42 Å². The van der Waals surface area contributed by atoms with Gasteiger partial charge in [0.1, 0.15) is 29.8 Å². The van der Waals surface area contributed by atoms with Crippen LogP contribution in [0.4, 0.5) is 19.0 Å². The number of carbonyl (C=O) groups is 1. The molecule has 4 saturated heterocycles. The number of pyridine rings is 2. The van der Waals surface area contributed by atoms with Crippen LogP contribution in [0.15, 0.2) is 72.8 Å². The van der Waals surface area contributed by atoms with Gasteiger partial charge in [-0.3, -0.25) is 19.7 Å². The lowest BCUT2D eigenvalue weighted by atomic mass is 9.83. The van der Waals surface area contributed by atoms with Crippen LogP contribution in [0.5, 0.6) is 6.01 Å². The summed E-state index contributed by atoms with van der Waals surface area (Å²) in [6.45, 7) is 2.56. The van der Waals surface area contributed by atoms with Gasteiger partial charge in [0.15, 0.2) is 11.6 Å². The van der Waals surface area contributed by atoms with Crippen molar-refractivity contribution in [3.05, 3.63) is 89.9 Å². The topological polar surface area (TPSA) is 87.6 Å². The van der Waals surface area contributed by atoms with Crippen LogP contribution >= 0.6 is 0 Å². The Labute approximate surface area is 304 Å². The van der Waals surface area contributed by atoms with Gasteiger partial charge in [0.05, 0.1) is 22.2 Å². The fraction of sp³-hybridized carbons (Fsp3) is 0.341. The number of anilines is 1. The van der Waals surface area contributed by atoms with Crippen LogP contribution in [0.25, 0.3) is 39.0 Å². The minimum atomic E-state index is -0.941. The Morgan fingerprint density at radius 3 is 2.68 bits per heavy atom. The van der Waals surface area contributed by atoms with E-state index < -0.39 is 34.8 Å². The van der Waals surface area contributed by atoms with E-state index in [0.717, 1.165) is 30.8 Å². The number of carbonyl (C=O) groups excluding carboxylic acids is 1. The molecule has 0 bridgehead atoms. The van der Waals surface area contributed by atoms with Gasteiger partial charge in [0.25, 0.3) is 5.91 Å².